The fourth-order valence-corrected chi connectivity index (χ4v) is 5.10. The van der Waals surface area contributed by atoms with E-state index in [0.717, 1.165) is 23.1 Å². The normalized spacial score (nSPS) is 12.3. The summed E-state index contributed by atoms with van der Waals surface area (Å²) in [5.74, 6) is -0.0246. The topological polar surface area (TPSA) is 86.8 Å². The number of sulfonamides is 1. The van der Waals surface area contributed by atoms with Crippen LogP contribution in [0.25, 0.3) is 0 Å². The van der Waals surface area contributed by atoms with Gasteiger partial charge in [-0.05, 0) is 55.4 Å². The van der Waals surface area contributed by atoms with E-state index < -0.39 is 16.1 Å². The predicted molar refractivity (Wildman–Crippen MR) is 151 cm³/mol. The Balaban J connectivity index is 2.19. The summed E-state index contributed by atoms with van der Waals surface area (Å²) in [5, 5.41) is 2.97. The molecule has 0 saturated heterocycles. The molecule has 204 valence electrons. The van der Waals surface area contributed by atoms with Crippen LogP contribution in [0, 0.1) is 12.8 Å². The maximum Gasteiger partial charge on any atom is 0.242 e. The number of rotatable bonds is 14. The predicted octanol–water partition coefficient (Wildman–Crippen LogP) is 4.68. The number of amides is 2. The first-order chi connectivity index (χ1) is 17.5. The quantitative estimate of drug-likeness (QED) is 0.385. The molecule has 8 heteroatoms. The first-order valence-electron chi connectivity index (χ1n) is 13.2. The minimum absolute atomic E-state index is 0.138. The molecule has 7 nitrogen and oxygen atoms in total. The molecule has 0 aliphatic heterocycles. The van der Waals surface area contributed by atoms with Crippen LogP contribution in [-0.4, -0.2) is 50.5 Å². The lowest BCUT2D eigenvalue weighted by Gasteiger charge is -2.31. The number of aryl methyl sites for hydroxylation is 2. The average Bonchev–Trinajstić information content (AvgIpc) is 2.85. The van der Waals surface area contributed by atoms with Gasteiger partial charge in [0.05, 0.1) is 11.9 Å². The van der Waals surface area contributed by atoms with Gasteiger partial charge in [-0.1, -0.05) is 69.7 Å². The molecule has 0 aliphatic rings. The first kappa shape index (κ1) is 30.4. The summed E-state index contributed by atoms with van der Waals surface area (Å²) in [6, 6.07) is 14.8. The Kier molecular flexibility index (Phi) is 11.6. The molecule has 0 unspecified atom stereocenters. The van der Waals surface area contributed by atoms with Crippen LogP contribution in [0.5, 0.6) is 0 Å². The van der Waals surface area contributed by atoms with Gasteiger partial charge in [-0.15, -0.1) is 0 Å². The molecule has 2 aromatic rings. The van der Waals surface area contributed by atoms with Gasteiger partial charge in [0.2, 0.25) is 21.8 Å². The summed E-state index contributed by atoms with van der Waals surface area (Å²) in [4.78, 5) is 28.2. The van der Waals surface area contributed by atoms with Gasteiger partial charge in [0.1, 0.15) is 6.04 Å². The molecular formula is C29H43N3O4S. The number of anilines is 1. The molecule has 0 heterocycles. The molecule has 0 bridgehead atoms. The summed E-state index contributed by atoms with van der Waals surface area (Å²) in [5.41, 5.74) is 3.78. The van der Waals surface area contributed by atoms with Gasteiger partial charge >= 0.3 is 0 Å². The SMILES string of the molecule is CCc1ccc(N(CCCC(=O)N(Cc2ccc(C)cc2)[C@@H](CC)C(=O)NCC(C)C)S(C)(=O)=O)cc1. The Hall–Kier alpha value is -2.87. The van der Waals surface area contributed by atoms with Crippen LogP contribution in [0.1, 0.15) is 63.6 Å². The van der Waals surface area contributed by atoms with Crippen molar-refractivity contribution in [1.82, 2.24) is 10.2 Å². The molecule has 0 spiro atoms. The van der Waals surface area contributed by atoms with Crippen molar-refractivity contribution in [2.75, 3.05) is 23.7 Å². The fourth-order valence-electron chi connectivity index (χ4n) is 4.13. The van der Waals surface area contributed by atoms with Crippen molar-refractivity contribution in [2.45, 2.75) is 72.9 Å². The highest BCUT2D eigenvalue weighted by Gasteiger charge is 2.29. The molecule has 0 aromatic heterocycles. The highest BCUT2D eigenvalue weighted by atomic mass is 32.2. The molecular weight excluding hydrogens is 486 g/mol. The fraction of sp³-hybridized carbons (Fsp3) is 0.517. The Morgan fingerprint density at radius 1 is 0.946 bits per heavy atom. The summed E-state index contributed by atoms with van der Waals surface area (Å²) in [6.07, 6.45) is 3.02. The van der Waals surface area contributed by atoms with Crippen molar-refractivity contribution in [1.29, 1.82) is 0 Å². The first-order valence-corrected chi connectivity index (χ1v) is 15.0. The Bertz CT molecular complexity index is 1110. The number of carbonyl (C=O) groups is 2. The van der Waals surface area contributed by atoms with Crippen molar-refractivity contribution in [3.8, 4) is 0 Å². The maximum absolute atomic E-state index is 13.5. The van der Waals surface area contributed by atoms with Crippen molar-refractivity contribution < 1.29 is 18.0 Å². The molecule has 2 aromatic carbocycles. The van der Waals surface area contributed by atoms with E-state index in [-0.39, 0.29) is 24.8 Å². The smallest absolute Gasteiger partial charge is 0.242 e. The highest BCUT2D eigenvalue weighted by molar-refractivity contribution is 7.92. The third kappa shape index (κ3) is 9.50. The highest BCUT2D eigenvalue weighted by Crippen LogP contribution is 2.21. The minimum Gasteiger partial charge on any atom is -0.354 e. The van der Waals surface area contributed by atoms with Gasteiger partial charge in [-0.2, -0.15) is 0 Å². The number of benzene rings is 2. The zero-order valence-electron chi connectivity index (χ0n) is 23.2. The van der Waals surface area contributed by atoms with Crippen molar-refractivity contribution in [3.63, 3.8) is 0 Å². The summed E-state index contributed by atoms with van der Waals surface area (Å²) in [6.45, 7) is 11.1. The largest absolute Gasteiger partial charge is 0.354 e. The van der Waals surface area contributed by atoms with Gasteiger partial charge in [0.25, 0.3) is 0 Å². The third-order valence-corrected chi connectivity index (χ3v) is 7.52. The summed E-state index contributed by atoms with van der Waals surface area (Å²) >= 11 is 0. The van der Waals surface area contributed by atoms with Gasteiger partial charge in [-0.3, -0.25) is 13.9 Å². The van der Waals surface area contributed by atoms with Crippen molar-refractivity contribution in [3.05, 3.63) is 65.2 Å². The molecule has 0 fully saturated rings. The molecule has 2 amide bonds. The van der Waals surface area contributed by atoms with Crippen LogP contribution in [0.4, 0.5) is 5.69 Å². The van der Waals surface area contributed by atoms with Gasteiger partial charge in [0.15, 0.2) is 0 Å². The maximum atomic E-state index is 13.5. The van der Waals surface area contributed by atoms with E-state index in [9.17, 15) is 18.0 Å². The monoisotopic (exact) mass is 529 g/mol. The van der Waals surface area contributed by atoms with Crippen LogP contribution in [0.15, 0.2) is 48.5 Å². The van der Waals surface area contributed by atoms with Crippen LogP contribution in [-0.2, 0) is 32.6 Å². The minimum atomic E-state index is -3.51. The molecule has 1 N–H and O–H groups in total. The lowest BCUT2D eigenvalue weighted by Crippen LogP contribution is -2.49. The third-order valence-electron chi connectivity index (χ3n) is 6.33. The van der Waals surface area contributed by atoms with E-state index in [1.807, 2.05) is 71.0 Å². The summed E-state index contributed by atoms with van der Waals surface area (Å²) in [7, 11) is -3.51. The zero-order valence-corrected chi connectivity index (χ0v) is 24.0. The van der Waals surface area contributed by atoms with Crippen LogP contribution >= 0.6 is 0 Å². The second kappa shape index (κ2) is 14.2. The molecule has 0 saturated carbocycles. The second-order valence-electron chi connectivity index (χ2n) is 10.0. The van der Waals surface area contributed by atoms with Crippen LogP contribution in [0.3, 0.4) is 0 Å². The van der Waals surface area contributed by atoms with Crippen LogP contribution in [0.2, 0.25) is 0 Å². The Morgan fingerprint density at radius 3 is 2.05 bits per heavy atom. The van der Waals surface area contributed by atoms with Crippen molar-refractivity contribution >= 4 is 27.5 Å². The van der Waals surface area contributed by atoms with Gasteiger partial charge in [-0.25, -0.2) is 8.42 Å². The Labute approximate surface area is 223 Å². The number of hydrogen-bond donors (Lipinski definition) is 1. The zero-order chi connectivity index (χ0) is 27.6. The van der Waals surface area contributed by atoms with Gasteiger partial charge < -0.3 is 10.2 Å². The lowest BCUT2D eigenvalue weighted by atomic mass is 10.1. The second-order valence-corrected chi connectivity index (χ2v) is 11.9. The number of hydrogen-bond acceptors (Lipinski definition) is 4. The van der Waals surface area contributed by atoms with Gasteiger partial charge in [0, 0.05) is 26.1 Å². The number of nitrogens with one attached hydrogen (secondary N) is 1. The molecule has 0 aliphatic carbocycles. The molecule has 0 radical (unpaired) electrons. The average molecular weight is 530 g/mol. The lowest BCUT2D eigenvalue weighted by molar-refractivity contribution is -0.141. The number of nitrogens with zero attached hydrogens (tertiary/aromatic N) is 2. The van der Waals surface area contributed by atoms with E-state index >= 15 is 0 Å². The summed E-state index contributed by atoms with van der Waals surface area (Å²) < 4.78 is 26.4. The van der Waals surface area contributed by atoms with Crippen molar-refractivity contribution in [2.24, 2.45) is 5.92 Å². The molecule has 1 atom stereocenters. The van der Waals surface area contributed by atoms with E-state index in [1.54, 1.807) is 17.0 Å². The van der Waals surface area contributed by atoms with E-state index in [1.165, 1.54) is 10.6 Å². The molecule has 2 rings (SSSR count). The Morgan fingerprint density at radius 2 is 1.54 bits per heavy atom. The van der Waals surface area contributed by atoms with E-state index in [2.05, 4.69) is 5.32 Å². The molecule has 37 heavy (non-hydrogen) atoms. The standard InChI is InChI=1S/C29H43N3O4S/c1-7-24-15-17-26(18-16-24)32(37(6,35)36)19-9-10-28(33)31(21-25-13-11-23(5)12-14-25)27(8-2)29(34)30-20-22(3)4/h11-18,22,27H,7-10,19-21H2,1-6H3,(H,30,34)/t27-/m0/s1. The van der Waals surface area contributed by atoms with E-state index in [4.69, 9.17) is 0 Å². The van der Waals surface area contributed by atoms with Crippen LogP contribution < -0.4 is 9.62 Å². The van der Waals surface area contributed by atoms with E-state index in [0.29, 0.717) is 37.5 Å². The number of carbonyl (C=O) groups excluding carboxylic acids is 2.